The van der Waals surface area contributed by atoms with E-state index in [0.29, 0.717) is 11.1 Å². The first-order chi connectivity index (χ1) is 12.2. The number of carbonyl (C=O) groups is 1. The summed E-state index contributed by atoms with van der Waals surface area (Å²) in [5.41, 5.74) is 0.961. The van der Waals surface area contributed by atoms with E-state index in [4.69, 9.17) is 0 Å². The number of ether oxygens (including phenoxy) is 1. The normalized spacial score (nSPS) is 12.1. The van der Waals surface area contributed by atoms with Crippen LogP contribution in [0, 0.1) is 0 Å². The molecule has 0 radical (unpaired) electrons. The van der Waals surface area contributed by atoms with Crippen LogP contribution in [0.25, 0.3) is 6.08 Å². The second-order valence-corrected chi connectivity index (χ2v) is 7.61. The molecule has 8 heteroatoms. The van der Waals surface area contributed by atoms with Gasteiger partial charge in [0.05, 0.1) is 4.90 Å². The molecule has 0 spiro atoms. The van der Waals surface area contributed by atoms with Gasteiger partial charge in [-0.05, 0) is 48.0 Å². The van der Waals surface area contributed by atoms with Crippen LogP contribution in [0.1, 0.15) is 15.9 Å². The van der Waals surface area contributed by atoms with Gasteiger partial charge in [0.2, 0.25) is 10.0 Å². The molecule has 0 fully saturated rings. The number of alkyl halides is 2. The van der Waals surface area contributed by atoms with Crippen LogP contribution in [-0.2, 0) is 10.0 Å². The lowest BCUT2D eigenvalue weighted by Crippen LogP contribution is -2.22. The van der Waals surface area contributed by atoms with Crippen molar-refractivity contribution < 1.29 is 26.7 Å². The Kier molecular flexibility index (Phi) is 6.23. The smallest absolute Gasteiger partial charge is 0.387 e. The summed E-state index contributed by atoms with van der Waals surface area (Å²) >= 11 is 0. The molecule has 0 heterocycles. The zero-order chi connectivity index (χ0) is 19.3. The van der Waals surface area contributed by atoms with Gasteiger partial charge in [-0.15, -0.1) is 0 Å². The van der Waals surface area contributed by atoms with Crippen molar-refractivity contribution in [2.45, 2.75) is 11.5 Å². The molecule has 0 aliphatic heterocycles. The van der Waals surface area contributed by atoms with Crippen molar-refractivity contribution in [3.63, 3.8) is 0 Å². The van der Waals surface area contributed by atoms with Crippen LogP contribution >= 0.6 is 0 Å². The monoisotopic (exact) mass is 381 g/mol. The molecule has 0 amide bonds. The van der Waals surface area contributed by atoms with Gasteiger partial charge in [-0.3, -0.25) is 4.79 Å². The predicted octanol–water partition coefficient (Wildman–Crippen LogP) is 3.43. The predicted molar refractivity (Wildman–Crippen MR) is 93.8 cm³/mol. The van der Waals surface area contributed by atoms with Gasteiger partial charge in [-0.25, -0.2) is 12.7 Å². The minimum absolute atomic E-state index is 0.0289. The molecule has 5 nitrogen and oxygen atoms in total. The van der Waals surface area contributed by atoms with Gasteiger partial charge in [0.15, 0.2) is 5.78 Å². The standard InChI is InChI=1S/C18H17F2NO4S/c1-21(2)26(23,24)16-10-6-14(7-11-16)17(22)12-5-13-3-8-15(9-4-13)25-18(19)20/h3-12,18H,1-2H3/b12-5+. The quantitative estimate of drug-likeness (QED) is 0.544. The second-order valence-electron chi connectivity index (χ2n) is 5.46. The summed E-state index contributed by atoms with van der Waals surface area (Å²) in [5.74, 6) is -0.284. The van der Waals surface area contributed by atoms with E-state index >= 15 is 0 Å². The van der Waals surface area contributed by atoms with E-state index < -0.39 is 16.6 Å². The van der Waals surface area contributed by atoms with Crippen LogP contribution in [0.5, 0.6) is 5.75 Å². The van der Waals surface area contributed by atoms with Crippen molar-refractivity contribution in [3.05, 3.63) is 65.7 Å². The fourth-order valence-electron chi connectivity index (χ4n) is 2.03. The lowest BCUT2D eigenvalue weighted by Gasteiger charge is -2.11. The lowest BCUT2D eigenvalue weighted by atomic mass is 10.1. The Labute approximate surface area is 150 Å². The maximum absolute atomic E-state index is 12.2. The summed E-state index contributed by atoms with van der Waals surface area (Å²) in [4.78, 5) is 12.2. The number of rotatable bonds is 7. The highest BCUT2D eigenvalue weighted by Gasteiger charge is 2.17. The number of sulfonamides is 1. The third kappa shape index (κ3) is 4.96. The third-order valence-corrected chi connectivity index (χ3v) is 5.28. The van der Waals surface area contributed by atoms with E-state index in [1.807, 2.05) is 0 Å². The molecule has 0 bridgehead atoms. The Morgan fingerprint density at radius 1 is 1.04 bits per heavy atom. The van der Waals surface area contributed by atoms with E-state index in [1.54, 1.807) is 0 Å². The number of allylic oxidation sites excluding steroid dienone is 1. The van der Waals surface area contributed by atoms with Crippen molar-refractivity contribution in [3.8, 4) is 5.75 Å². The molecule has 0 aromatic heterocycles. The van der Waals surface area contributed by atoms with Crippen LogP contribution in [0.15, 0.2) is 59.5 Å². The molecular formula is C18H17F2NO4S. The Hall–Kier alpha value is -2.58. The highest BCUT2D eigenvalue weighted by atomic mass is 32.2. The largest absolute Gasteiger partial charge is 0.435 e. The van der Waals surface area contributed by atoms with Crippen LogP contribution < -0.4 is 4.74 Å². The number of nitrogens with zero attached hydrogens (tertiary/aromatic N) is 1. The van der Waals surface area contributed by atoms with E-state index in [-0.39, 0.29) is 16.4 Å². The summed E-state index contributed by atoms with van der Waals surface area (Å²) in [6.07, 6.45) is 2.84. The summed E-state index contributed by atoms with van der Waals surface area (Å²) in [6.45, 7) is -2.89. The number of benzene rings is 2. The fraction of sp³-hybridized carbons (Fsp3) is 0.167. The Bertz CT molecular complexity index is 890. The van der Waals surface area contributed by atoms with E-state index in [9.17, 15) is 22.0 Å². The van der Waals surface area contributed by atoms with Crippen LogP contribution in [0.4, 0.5) is 8.78 Å². The second kappa shape index (κ2) is 8.20. The lowest BCUT2D eigenvalue weighted by molar-refractivity contribution is -0.0498. The highest BCUT2D eigenvalue weighted by Crippen LogP contribution is 2.17. The van der Waals surface area contributed by atoms with Gasteiger partial charge in [0.1, 0.15) is 5.75 Å². The first-order valence-corrected chi connectivity index (χ1v) is 8.94. The molecule has 0 unspecified atom stereocenters. The molecule has 26 heavy (non-hydrogen) atoms. The minimum atomic E-state index is -3.55. The number of halogens is 2. The van der Waals surface area contributed by atoms with E-state index in [1.165, 1.54) is 74.8 Å². The maximum Gasteiger partial charge on any atom is 0.387 e. The van der Waals surface area contributed by atoms with Crippen molar-refractivity contribution >= 4 is 21.9 Å². The number of hydrogen-bond donors (Lipinski definition) is 0. The average Bonchev–Trinajstić information content (AvgIpc) is 2.60. The van der Waals surface area contributed by atoms with E-state index in [0.717, 1.165) is 4.31 Å². The van der Waals surface area contributed by atoms with Crippen LogP contribution in [-0.4, -0.2) is 39.2 Å². The molecule has 0 saturated carbocycles. The van der Waals surface area contributed by atoms with E-state index in [2.05, 4.69) is 4.74 Å². The van der Waals surface area contributed by atoms with Gasteiger partial charge in [0.25, 0.3) is 0 Å². The van der Waals surface area contributed by atoms with Crippen LogP contribution in [0.3, 0.4) is 0 Å². The molecular weight excluding hydrogens is 364 g/mol. The molecule has 2 rings (SSSR count). The Morgan fingerprint density at radius 3 is 2.12 bits per heavy atom. The number of hydrogen-bond acceptors (Lipinski definition) is 4. The topological polar surface area (TPSA) is 63.7 Å². The molecule has 0 aliphatic carbocycles. The summed E-state index contributed by atoms with van der Waals surface area (Å²) in [7, 11) is -0.698. The van der Waals surface area contributed by atoms with Crippen molar-refractivity contribution in [1.29, 1.82) is 0 Å². The molecule has 0 saturated heterocycles. The van der Waals surface area contributed by atoms with Crippen LogP contribution in [0.2, 0.25) is 0 Å². The maximum atomic E-state index is 12.2. The summed E-state index contributed by atoms with van der Waals surface area (Å²) in [6, 6.07) is 11.4. The van der Waals surface area contributed by atoms with Gasteiger partial charge < -0.3 is 4.74 Å². The van der Waals surface area contributed by atoms with Gasteiger partial charge >= 0.3 is 6.61 Å². The molecule has 0 atom stereocenters. The molecule has 2 aromatic rings. The first-order valence-electron chi connectivity index (χ1n) is 7.50. The van der Waals surface area contributed by atoms with Crippen molar-refractivity contribution in [2.24, 2.45) is 0 Å². The summed E-state index contributed by atoms with van der Waals surface area (Å²) in [5, 5.41) is 0. The molecule has 0 aliphatic rings. The third-order valence-electron chi connectivity index (χ3n) is 3.45. The van der Waals surface area contributed by atoms with Gasteiger partial charge in [0, 0.05) is 19.7 Å². The average molecular weight is 381 g/mol. The molecule has 0 N–H and O–H groups in total. The van der Waals surface area contributed by atoms with Crippen molar-refractivity contribution in [2.75, 3.05) is 14.1 Å². The summed E-state index contributed by atoms with van der Waals surface area (Å²) < 4.78 is 53.5. The minimum Gasteiger partial charge on any atom is -0.435 e. The van der Waals surface area contributed by atoms with Gasteiger partial charge in [-0.2, -0.15) is 8.78 Å². The van der Waals surface area contributed by atoms with Gasteiger partial charge in [-0.1, -0.05) is 18.2 Å². The Morgan fingerprint density at radius 2 is 1.62 bits per heavy atom. The number of ketones is 1. The molecule has 2 aromatic carbocycles. The number of carbonyl (C=O) groups excluding carboxylic acids is 1. The first kappa shape index (κ1) is 19.7. The zero-order valence-electron chi connectivity index (χ0n) is 14.1. The fourth-order valence-corrected chi connectivity index (χ4v) is 2.93. The SMILES string of the molecule is CN(C)S(=O)(=O)c1ccc(C(=O)/C=C/c2ccc(OC(F)F)cc2)cc1. The zero-order valence-corrected chi connectivity index (χ0v) is 14.9. The Balaban J connectivity index is 2.09. The van der Waals surface area contributed by atoms with Crippen molar-refractivity contribution in [1.82, 2.24) is 4.31 Å². The molecule has 138 valence electrons. The highest BCUT2D eigenvalue weighted by molar-refractivity contribution is 7.89.